The summed E-state index contributed by atoms with van der Waals surface area (Å²) < 4.78 is 17.7. The number of anilines is 1. The van der Waals surface area contributed by atoms with Crippen LogP contribution in [0.2, 0.25) is 0 Å². The van der Waals surface area contributed by atoms with Crippen molar-refractivity contribution in [2.45, 2.75) is 13.3 Å². The molecule has 152 valence electrons. The molecule has 7 heteroatoms. The smallest absolute Gasteiger partial charge is 0.200 e. The molecule has 28 heavy (non-hydrogen) atoms. The molecule has 0 amide bonds. The molecule has 2 aromatic rings. The van der Waals surface area contributed by atoms with E-state index < -0.39 is 0 Å². The van der Waals surface area contributed by atoms with E-state index in [1.165, 1.54) is 11.5 Å². The molecule has 2 aliphatic heterocycles. The Morgan fingerprint density at radius 3 is 2.68 bits per heavy atom. The van der Waals surface area contributed by atoms with E-state index in [0.29, 0.717) is 36.7 Å². The highest BCUT2D eigenvalue weighted by molar-refractivity contribution is 7.99. The van der Waals surface area contributed by atoms with Gasteiger partial charge in [0, 0.05) is 55.9 Å². The summed E-state index contributed by atoms with van der Waals surface area (Å²) in [6, 6.07) is 5.34. The first kappa shape index (κ1) is 19.6. The van der Waals surface area contributed by atoms with Gasteiger partial charge in [0.05, 0.1) is 18.6 Å². The van der Waals surface area contributed by atoms with E-state index in [9.17, 15) is 4.79 Å². The van der Waals surface area contributed by atoms with E-state index in [1.54, 1.807) is 6.07 Å². The molecule has 0 unspecified atom stereocenters. The maximum absolute atomic E-state index is 12.7. The summed E-state index contributed by atoms with van der Waals surface area (Å²) in [5, 5.41) is 0.620. The number of hydrogen-bond donors (Lipinski definition) is 0. The standard InChI is InChI=1S/C21H28N2O4S/c1-2-16-19(26-12-5-22-8-13-28-14-9-22)4-3-17-18(24)15-20(27-21(16)17)23-6-10-25-11-7-23/h3-4,15H,2,5-14H2,1H3. The number of aryl methyl sites for hydroxylation is 1. The predicted molar refractivity (Wildman–Crippen MR) is 114 cm³/mol. The molecule has 0 spiro atoms. The molecule has 1 aromatic heterocycles. The molecule has 3 heterocycles. The number of ether oxygens (including phenoxy) is 2. The number of morpholine rings is 1. The van der Waals surface area contributed by atoms with E-state index in [-0.39, 0.29) is 5.43 Å². The van der Waals surface area contributed by atoms with Crippen molar-refractivity contribution < 1.29 is 13.9 Å². The van der Waals surface area contributed by atoms with Crippen LogP contribution in [-0.2, 0) is 11.2 Å². The van der Waals surface area contributed by atoms with Crippen molar-refractivity contribution >= 4 is 28.6 Å². The Bertz CT molecular complexity index is 857. The second kappa shape index (κ2) is 9.20. The van der Waals surface area contributed by atoms with E-state index >= 15 is 0 Å². The van der Waals surface area contributed by atoms with Crippen molar-refractivity contribution in [3.63, 3.8) is 0 Å². The summed E-state index contributed by atoms with van der Waals surface area (Å²) in [5.41, 5.74) is 1.62. The zero-order valence-corrected chi connectivity index (χ0v) is 17.3. The minimum Gasteiger partial charge on any atom is -0.492 e. The molecule has 0 atom stereocenters. The monoisotopic (exact) mass is 404 g/mol. The Morgan fingerprint density at radius 2 is 1.93 bits per heavy atom. The second-order valence-electron chi connectivity index (χ2n) is 7.12. The molecular weight excluding hydrogens is 376 g/mol. The van der Waals surface area contributed by atoms with Crippen molar-refractivity contribution in [1.82, 2.24) is 4.90 Å². The van der Waals surface area contributed by atoms with Crippen LogP contribution in [0.25, 0.3) is 11.0 Å². The Labute approximate surface area is 169 Å². The average molecular weight is 405 g/mol. The van der Waals surface area contributed by atoms with Gasteiger partial charge >= 0.3 is 0 Å². The van der Waals surface area contributed by atoms with E-state index in [1.807, 2.05) is 23.9 Å². The number of rotatable bonds is 6. The van der Waals surface area contributed by atoms with Gasteiger partial charge < -0.3 is 18.8 Å². The van der Waals surface area contributed by atoms with Crippen LogP contribution < -0.4 is 15.1 Å². The largest absolute Gasteiger partial charge is 0.492 e. The van der Waals surface area contributed by atoms with E-state index in [0.717, 1.165) is 50.5 Å². The number of hydrogen-bond acceptors (Lipinski definition) is 7. The zero-order valence-electron chi connectivity index (χ0n) is 16.4. The molecular formula is C21H28N2O4S. The molecule has 0 saturated carbocycles. The van der Waals surface area contributed by atoms with Gasteiger partial charge in [-0.2, -0.15) is 11.8 Å². The van der Waals surface area contributed by atoms with Gasteiger partial charge in [0.2, 0.25) is 0 Å². The van der Waals surface area contributed by atoms with Crippen LogP contribution in [0, 0.1) is 0 Å². The average Bonchev–Trinajstić information content (AvgIpc) is 2.75. The number of fused-ring (bicyclic) bond motifs is 1. The van der Waals surface area contributed by atoms with Crippen LogP contribution in [-0.4, -0.2) is 69.0 Å². The molecule has 2 saturated heterocycles. The lowest BCUT2D eigenvalue weighted by Gasteiger charge is -2.27. The summed E-state index contributed by atoms with van der Waals surface area (Å²) in [7, 11) is 0. The molecule has 0 bridgehead atoms. The summed E-state index contributed by atoms with van der Waals surface area (Å²) in [5.74, 6) is 3.85. The number of thioether (sulfide) groups is 1. The van der Waals surface area contributed by atoms with Gasteiger partial charge in [-0.15, -0.1) is 0 Å². The molecule has 0 radical (unpaired) electrons. The SMILES string of the molecule is CCc1c(OCCN2CCSCC2)ccc2c(=O)cc(N3CCOCC3)oc12. The lowest BCUT2D eigenvalue weighted by molar-refractivity contribution is 0.121. The molecule has 2 aliphatic rings. The highest BCUT2D eigenvalue weighted by Crippen LogP contribution is 2.30. The first-order valence-corrected chi connectivity index (χ1v) is 11.3. The van der Waals surface area contributed by atoms with Crippen LogP contribution in [0.4, 0.5) is 5.88 Å². The maximum Gasteiger partial charge on any atom is 0.200 e. The Hall–Kier alpha value is -1.70. The Balaban J connectivity index is 1.57. The predicted octanol–water partition coefficient (Wildman–Crippen LogP) is 2.62. The van der Waals surface area contributed by atoms with Gasteiger partial charge in [-0.1, -0.05) is 6.92 Å². The highest BCUT2D eigenvalue weighted by Gasteiger charge is 2.18. The van der Waals surface area contributed by atoms with E-state index in [2.05, 4.69) is 16.7 Å². The Morgan fingerprint density at radius 1 is 1.14 bits per heavy atom. The Kier molecular flexibility index (Phi) is 6.44. The number of nitrogens with zero attached hydrogens (tertiary/aromatic N) is 2. The first-order chi connectivity index (χ1) is 13.8. The van der Waals surface area contributed by atoms with Gasteiger partial charge in [0.25, 0.3) is 0 Å². The molecule has 0 N–H and O–H groups in total. The summed E-state index contributed by atoms with van der Waals surface area (Å²) in [6.45, 7) is 8.69. The van der Waals surface area contributed by atoms with Crippen molar-refractivity contribution in [3.05, 3.63) is 34.0 Å². The van der Waals surface area contributed by atoms with Gasteiger partial charge in [0.15, 0.2) is 11.3 Å². The van der Waals surface area contributed by atoms with Crippen LogP contribution in [0.3, 0.4) is 0 Å². The maximum atomic E-state index is 12.7. The minimum absolute atomic E-state index is 0.00481. The van der Waals surface area contributed by atoms with Crippen molar-refractivity contribution in [1.29, 1.82) is 0 Å². The zero-order chi connectivity index (χ0) is 19.3. The lowest BCUT2D eigenvalue weighted by atomic mass is 10.1. The quantitative estimate of drug-likeness (QED) is 0.734. The molecule has 2 fully saturated rings. The van der Waals surface area contributed by atoms with Crippen LogP contribution in [0.15, 0.2) is 27.4 Å². The fourth-order valence-electron chi connectivity index (χ4n) is 3.76. The van der Waals surface area contributed by atoms with E-state index in [4.69, 9.17) is 13.9 Å². The van der Waals surface area contributed by atoms with Gasteiger partial charge in [-0.3, -0.25) is 9.69 Å². The topological polar surface area (TPSA) is 55.2 Å². The minimum atomic E-state index is -0.00481. The molecule has 1 aromatic carbocycles. The third-order valence-corrected chi connectivity index (χ3v) is 6.33. The molecule has 4 rings (SSSR count). The van der Waals surface area contributed by atoms with Crippen LogP contribution in [0.1, 0.15) is 12.5 Å². The summed E-state index contributed by atoms with van der Waals surface area (Å²) >= 11 is 2.01. The third-order valence-electron chi connectivity index (χ3n) is 5.39. The normalized spacial score (nSPS) is 18.5. The molecule has 6 nitrogen and oxygen atoms in total. The fraction of sp³-hybridized carbons (Fsp3) is 0.571. The van der Waals surface area contributed by atoms with Crippen LogP contribution >= 0.6 is 11.8 Å². The fourth-order valence-corrected chi connectivity index (χ4v) is 4.74. The third kappa shape index (κ3) is 4.31. The number of benzene rings is 1. The van der Waals surface area contributed by atoms with Gasteiger partial charge in [-0.25, -0.2) is 0 Å². The highest BCUT2D eigenvalue weighted by atomic mass is 32.2. The van der Waals surface area contributed by atoms with Gasteiger partial charge in [0.1, 0.15) is 17.9 Å². The van der Waals surface area contributed by atoms with Crippen LogP contribution in [0.5, 0.6) is 5.75 Å². The van der Waals surface area contributed by atoms with Gasteiger partial charge in [-0.05, 0) is 18.6 Å². The molecule has 0 aliphatic carbocycles. The first-order valence-electron chi connectivity index (χ1n) is 10.1. The summed E-state index contributed by atoms with van der Waals surface area (Å²) in [4.78, 5) is 17.2. The van der Waals surface area contributed by atoms with Crippen molar-refractivity contribution in [3.8, 4) is 5.75 Å². The van der Waals surface area contributed by atoms with Crippen molar-refractivity contribution in [2.24, 2.45) is 0 Å². The lowest BCUT2D eigenvalue weighted by Crippen LogP contribution is -2.36. The summed E-state index contributed by atoms with van der Waals surface area (Å²) in [6.07, 6.45) is 0.753. The van der Waals surface area contributed by atoms with Crippen molar-refractivity contribution in [2.75, 3.05) is 69.0 Å². The second-order valence-corrected chi connectivity index (χ2v) is 8.35.